The van der Waals surface area contributed by atoms with E-state index in [0.29, 0.717) is 17.0 Å². The molecular formula is C16H18N2O3. The molecule has 3 N–H and O–H groups in total. The summed E-state index contributed by atoms with van der Waals surface area (Å²) in [5, 5.41) is 3.04. The SMILES string of the molecule is COc1ccc(C(=O)NC2CCCc3occc32)c(N)c1. The summed E-state index contributed by atoms with van der Waals surface area (Å²) in [4.78, 5) is 12.4. The van der Waals surface area contributed by atoms with Crippen LogP contribution in [0, 0.1) is 0 Å². The molecule has 0 saturated carbocycles. The number of furan rings is 1. The number of rotatable bonds is 3. The topological polar surface area (TPSA) is 77.5 Å². The van der Waals surface area contributed by atoms with Crippen molar-refractivity contribution >= 4 is 11.6 Å². The zero-order valence-electron chi connectivity index (χ0n) is 11.9. The lowest BCUT2D eigenvalue weighted by Gasteiger charge is -2.23. The van der Waals surface area contributed by atoms with Gasteiger partial charge in [0.1, 0.15) is 11.5 Å². The summed E-state index contributed by atoms with van der Waals surface area (Å²) in [5.74, 6) is 1.43. The molecule has 1 atom stereocenters. The molecule has 0 fully saturated rings. The van der Waals surface area contributed by atoms with Crippen LogP contribution in [0.5, 0.6) is 5.75 Å². The Bertz CT molecular complexity index is 663. The molecule has 0 spiro atoms. The van der Waals surface area contributed by atoms with E-state index in [4.69, 9.17) is 14.9 Å². The fourth-order valence-electron chi connectivity index (χ4n) is 2.75. The molecule has 1 aromatic carbocycles. The van der Waals surface area contributed by atoms with Crippen molar-refractivity contribution in [3.8, 4) is 5.75 Å². The first-order valence-electron chi connectivity index (χ1n) is 6.99. The predicted octanol–water partition coefficient (Wildman–Crippen LogP) is 2.68. The second-order valence-corrected chi connectivity index (χ2v) is 5.17. The van der Waals surface area contributed by atoms with E-state index in [1.54, 1.807) is 31.6 Å². The van der Waals surface area contributed by atoms with Gasteiger partial charge in [-0.05, 0) is 31.0 Å². The smallest absolute Gasteiger partial charge is 0.253 e. The quantitative estimate of drug-likeness (QED) is 0.850. The average Bonchev–Trinajstić information content (AvgIpc) is 2.96. The Morgan fingerprint density at radius 3 is 3.05 bits per heavy atom. The summed E-state index contributed by atoms with van der Waals surface area (Å²) in [5.41, 5.74) is 7.87. The maximum Gasteiger partial charge on any atom is 0.253 e. The van der Waals surface area contributed by atoms with Gasteiger partial charge in [0, 0.05) is 23.7 Å². The minimum Gasteiger partial charge on any atom is -0.497 e. The van der Waals surface area contributed by atoms with E-state index in [1.807, 2.05) is 6.07 Å². The molecule has 1 aliphatic carbocycles. The summed E-state index contributed by atoms with van der Waals surface area (Å²) in [6.45, 7) is 0. The molecule has 0 bridgehead atoms. The summed E-state index contributed by atoms with van der Waals surface area (Å²) in [7, 11) is 1.57. The fraction of sp³-hybridized carbons (Fsp3) is 0.312. The van der Waals surface area contributed by atoms with Crippen LogP contribution in [0.25, 0.3) is 0 Å². The number of benzene rings is 1. The molecule has 5 heteroatoms. The molecule has 0 aliphatic heterocycles. The van der Waals surface area contributed by atoms with Crippen molar-refractivity contribution in [1.82, 2.24) is 5.32 Å². The summed E-state index contributed by atoms with van der Waals surface area (Å²) in [6.07, 6.45) is 4.52. The number of nitrogens with one attached hydrogen (secondary N) is 1. The lowest BCUT2D eigenvalue weighted by Crippen LogP contribution is -2.31. The van der Waals surface area contributed by atoms with E-state index in [1.165, 1.54) is 0 Å². The van der Waals surface area contributed by atoms with Gasteiger partial charge in [0.2, 0.25) is 0 Å². The van der Waals surface area contributed by atoms with Crippen molar-refractivity contribution in [3.05, 3.63) is 47.4 Å². The number of carbonyl (C=O) groups excluding carboxylic acids is 1. The minimum atomic E-state index is -0.172. The normalized spacial score (nSPS) is 17.1. The van der Waals surface area contributed by atoms with Crippen LogP contribution in [0.2, 0.25) is 0 Å². The van der Waals surface area contributed by atoms with E-state index in [-0.39, 0.29) is 11.9 Å². The van der Waals surface area contributed by atoms with Crippen LogP contribution >= 0.6 is 0 Å². The summed E-state index contributed by atoms with van der Waals surface area (Å²) >= 11 is 0. The molecular weight excluding hydrogens is 268 g/mol. The largest absolute Gasteiger partial charge is 0.497 e. The van der Waals surface area contributed by atoms with Crippen LogP contribution in [0.1, 0.15) is 40.6 Å². The van der Waals surface area contributed by atoms with Crippen molar-refractivity contribution in [2.24, 2.45) is 0 Å². The highest BCUT2D eigenvalue weighted by atomic mass is 16.5. The van der Waals surface area contributed by atoms with Gasteiger partial charge in [0.25, 0.3) is 5.91 Å². The molecule has 1 unspecified atom stereocenters. The number of hydrogen-bond donors (Lipinski definition) is 2. The monoisotopic (exact) mass is 286 g/mol. The maximum absolute atomic E-state index is 12.4. The summed E-state index contributed by atoms with van der Waals surface area (Å²) in [6, 6.07) is 6.98. The van der Waals surface area contributed by atoms with E-state index in [2.05, 4.69) is 5.32 Å². The summed E-state index contributed by atoms with van der Waals surface area (Å²) < 4.78 is 10.5. The highest BCUT2D eigenvalue weighted by molar-refractivity contribution is 5.99. The van der Waals surface area contributed by atoms with Crippen molar-refractivity contribution in [3.63, 3.8) is 0 Å². The Morgan fingerprint density at radius 1 is 1.43 bits per heavy atom. The van der Waals surface area contributed by atoms with Gasteiger partial charge in [-0.25, -0.2) is 0 Å². The number of fused-ring (bicyclic) bond motifs is 1. The molecule has 21 heavy (non-hydrogen) atoms. The molecule has 0 radical (unpaired) electrons. The van der Waals surface area contributed by atoms with Gasteiger partial charge in [-0.2, -0.15) is 0 Å². The molecule has 1 amide bonds. The van der Waals surface area contributed by atoms with Gasteiger partial charge in [-0.1, -0.05) is 0 Å². The number of ether oxygens (including phenoxy) is 1. The standard InChI is InChI=1S/C16H18N2O3/c1-20-10-5-6-11(13(17)9-10)16(19)18-14-3-2-4-15-12(14)7-8-21-15/h5-9,14H,2-4,17H2,1H3,(H,18,19). The second-order valence-electron chi connectivity index (χ2n) is 5.17. The van der Waals surface area contributed by atoms with Crippen LogP contribution in [-0.4, -0.2) is 13.0 Å². The number of nitrogens with two attached hydrogens (primary N) is 1. The van der Waals surface area contributed by atoms with Crippen molar-refractivity contribution in [1.29, 1.82) is 0 Å². The van der Waals surface area contributed by atoms with Gasteiger partial charge in [-0.15, -0.1) is 0 Å². The number of methoxy groups -OCH3 is 1. The molecule has 1 heterocycles. The van der Waals surface area contributed by atoms with E-state index >= 15 is 0 Å². The Balaban J connectivity index is 1.79. The first-order chi connectivity index (χ1) is 10.2. The predicted molar refractivity (Wildman–Crippen MR) is 79.3 cm³/mol. The lowest BCUT2D eigenvalue weighted by molar-refractivity contribution is 0.0933. The Hall–Kier alpha value is -2.43. The van der Waals surface area contributed by atoms with Crippen molar-refractivity contribution in [2.45, 2.75) is 25.3 Å². The average molecular weight is 286 g/mol. The van der Waals surface area contributed by atoms with Gasteiger partial charge in [0.15, 0.2) is 0 Å². The number of anilines is 1. The molecule has 1 aromatic heterocycles. The number of aryl methyl sites for hydroxylation is 1. The third-order valence-electron chi connectivity index (χ3n) is 3.86. The number of nitrogen functional groups attached to an aromatic ring is 1. The molecule has 2 aromatic rings. The third kappa shape index (κ3) is 2.59. The van der Waals surface area contributed by atoms with Crippen LogP contribution in [-0.2, 0) is 6.42 Å². The van der Waals surface area contributed by atoms with Crippen LogP contribution in [0.3, 0.4) is 0 Å². The molecule has 110 valence electrons. The van der Waals surface area contributed by atoms with Gasteiger partial charge < -0.3 is 20.2 Å². The Morgan fingerprint density at radius 2 is 2.29 bits per heavy atom. The highest BCUT2D eigenvalue weighted by Gasteiger charge is 2.24. The van der Waals surface area contributed by atoms with Crippen molar-refractivity contribution in [2.75, 3.05) is 12.8 Å². The third-order valence-corrected chi connectivity index (χ3v) is 3.86. The second kappa shape index (κ2) is 5.52. The van der Waals surface area contributed by atoms with Gasteiger partial charge >= 0.3 is 0 Å². The van der Waals surface area contributed by atoms with Gasteiger partial charge in [0.05, 0.1) is 25.0 Å². The van der Waals surface area contributed by atoms with E-state index in [0.717, 1.165) is 30.6 Å². The van der Waals surface area contributed by atoms with Crippen LogP contribution in [0.15, 0.2) is 34.9 Å². The molecule has 0 saturated heterocycles. The van der Waals surface area contributed by atoms with E-state index in [9.17, 15) is 4.79 Å². The van der Waals surface area contributed by atoms with Crippen molar-refractivity contribution < 1.29 is 13.9 Å². The minimum absolute atomic E-state index is 0.0125. The Labute approximate surface area is 123 Å². The number of amides is 1. The highest BCUT2D eigenvalue weighted by Crippen LogP contribution is 2.31. The first kappa shape index (κ1) is 13.5. The van der Waals surface area contributed by atoms with Gasteiger partial charge in [-0.3, -0.25) is 4.79 Å². The first-order valence-corrected chi connectivity index (χ1v) is 6.99. The zero-order chi connectivity index (χ0) is 14.8. The Kier molecular flexibility index (Phi) is 3.56. The van der Waals surface area contributed by atoms with Crippen LogP contribution in [0.4, 0.5) is 5.69 Å². The number of hydrogen-bond acceptors (Lipinski definition) is 4. The fourth-order valence-corrected chi connectivity index (χ4v) is 2.75. The molecule has 1 aliphatic rings. The molecule has 5 nitrogen and oxygen atoms in total. The van der Waals surface area contributed by atoms with E-state index < -0.39 is 0 Å². The number of carbonyl (C=O) groups is 1. The lowest BCUT2D eigenvalue weighted by atomic mass is 9.93. The van der Waals surface area contributed by atoms with Crippen LogP contribution < -0.4 is 15.8 Å². The molecule has 3 rings (SSSR count). The maximum atomic E-state index is 12.4. The zero-order valence-corrected chi connectivity index (χ0v) is 11.9.